The second-order valence-corrected chi connectivity index (χ2v) is 5.34. The van der Waals surface area contributed by atoms with E-state index in [0.29, 0.717) is 0 Å². The third-order valence-corrected chi connectivity index (χ3v) is 3.78. The average molecular weight is 266 g/mol. The molecule has 0 radical (unpaired) electrons. The summed E-state index contributed by atoms with van der Waals surface area (Å²) in [5, 5.41) is 2.94. The summed E-state index contributed by atoms with van der Waals surface area (Å²) < 4.78 is 0. The van der Waals surface area contributed by atoms with Gasteiger partial charge in [-0.1, -0.05) is 17.7 Å². The summed E-state index contributed by atoms with van der Waals surface area (Å²) in [5.74, 6) is -0.0498. The lowest BCUT2D eigenvalue weighted by Crippen LogP contribution is -2.13. The van der Waals surface area contributed by atoms with Crippen LogP contribution in [0.4, 0.5) is 11.4 Å². The molecule has 0 spiro atoms. The monoisotopic (exact) mass is 266 g/mol. The largest absolute Gasteiger partial charge is 0.374 e. The van der Waals surface area contributed by atoms with E-state index < -0.39 is 0 Å². The molecule has 0 saturated carbocycles. The Morgan fingerprint density at radius 3 is 2.65 bits per heavy atom. The highest BCUT2D eigenvalue weighted by molar-refractivity contribution is 6.04. The maximum atomic E-state index is 12.3. The third kappa shape index (κ3) is 2.39. The number of anilines is 2. The van der Waals surface area contributed by atoms with Gasteiger partial charge in [-0.25, -0.2) is 0 Å². The van der Waals surface area contributed by atoms with E-state index in [4.69, 9.17) is 0 Å². The summed E-state index contributed by atoms with van der Waals surface area (Å²) in [6.07, 6.45) is 1.01. The van der Waals surface area contributed by atoms with E-state index in [2.05, 4.69) is 17.3 Å². The summed E-state index contributed by atoms with van der Waals surface area (Å²) in [6, 6.07) is 13.8. The van der Waals surface area contributed by atoms with E-state index in [1.807, 2.05) is 49.4 Å². The van der Waals surface area contributed by atoms with Crippen LogP contribution in [0.3, 0.4) is 0 Å². The molecule has 0 bridgehead atoms. The maximum absolute atomic E-state index is 12.3. The van der Waals surface area contributed by atoms with Gasteiger partial charge in [0, 0.05) is 30.5 Å². The number of benzene rings is 2. The summed E-state index contributed by atoms with van der Waals surface area (Å²) in [7, 11) is 2.08. The predicted octanol–water partition coefficient (Wildman–Crippen LogP) is 3.24. The second-order valence-electron chi connectivity index (χ2n) is 5.34. The number of hydrogen-bond donors (Lipinski definition) is 1. The fraction of sp³-hybridized carbons (Fsp3) is 0.235. The van der Waals surface area contributed by atoms with Gasteiger partial charge in [-0.3, -0.25) is 4.79 Å². The van der Waals surface area contributed by atoms with E-state index in [9.17, 15) is 4.79 Å². The Hall–Kier alpha value is -2.29. The van der Waals surface area contributed by atoms with Crippen LogP contribution in [0, 0.1) is 6.92 Å². The second kappa shape index (κ2) is 5.00. The molecule has 20 heavy (non-hydrogen) atoms. The summed E-state index contributed by atoms with van der Waals surface area (Å²) in [5.41, 5.74) is 5.22. The highest BCUT2D eigenvalue weighted by atomic mass is 16.1. The normalized spacial score (nSPS) is 13.2. The zero-order chi connectivity index (χ0) is 14.1. The number of fused-ring (bicyclic) bond motifs is 1. The van der Waals surface area contributed by atoms with Gasteiger partial charge in [0.25, 0.3) is 5.91 Å². The van der Waals surface area contributed by atoms with Gasteiger partial charge in [-0.05, 0) is 49.2 Å². The molecule has 3 rings (SSSR count). The van der Waals surface area contributed by atoms with Gasteiger partial charge in [0.15, 0.2) is 0 Å². The third-order valence-electron chi connectivity index (χ3n) is 3.78. The number of nitrogens with zero attached hydrogens (tertiary/aromatic N) is 1. The van der Waals surface area contributed by atoms with E-state index in [0.717, 1.165) is 24.2 Å². The predicted molar refractivity (Wildman–Crippen MR) is 82.5 cm³/mol. The fourth-order valence-corrected chi connectivity index (χ4v) is 2.55. The molecule has 0 atom stereocenters. The number of likely N-dealkylation sites (N-methyl/N-ethyl adjacent to an activating group) is 1. The standard InChI is InChI=1S/C17H18N2O/c1-12-3-6-15(7-4-12)18-17(20)14-5-8-16-13(11-14)9-10-19(16)2/h3-8,11H,9-10H2,1-2H3,(H,18,20). The minimum Gasteiger partial charge on any atom is -0.374 e. The minimum atomic E-state index is -0.0498. The van der Waals surface area contributed by atoms with Gasteiger partial charge in [-0.2, -0.15) is 0 Å². The van der Waals surface area contributed by atoms with Crippen LogP contribution in [0.5, 0.6) is 0 Å². The molecule has 1 amide bonds. The molecule has 0 unspecified atom stereocenters. The molecule has 3 heteroatoms. The Balaban J connectivity index is 1.79. The highest BCUT2D eigenvalue weighted by Gasteiger charge is 2.17. The Bertz CT molecular complexity index is 647. The van der Waals surface area contributed by atoms with E-state index in [-0.39, 0.29) is 5.91 Å². The summed E-state index contributed by atoms with van der Waals surface area (Å²) >= 11 is 0. The first kappa shape index (κ1) is 12.7. The molecular weight excluding hydrogens is 248 g/mol. The number of hydrogen-bond acceptors (Lipinski definition) is 2. The highest BCUT2D eigenvalue weighted by Crippen LogP contribution is 2.27. The topological polar surface area (TPSA) is 32.3 Å². The Morgan fingerprint density at radius 2 is 1.90 bits per heavy atom. The quantitative estimate of drug-likeness (QED) is 0.905. The molecule has 0 saturated heterocycles. The van der Waals surface area contributed by atoms with Crippen LogP contribution >= 0.6 is 0 Å². The van der Waals surface area contributed by atoms with E-state index in [1.54, 1.807) is 0 Å². The number of aryl methyl sites for hydroxylation is 1. The molecule has 2 aromatic rings. The zero-order valence-electron chi connectivity index (χ0n) is 11.8. The van der Waals surface area contributed by atoms with Crippen molar-refractivity contribution in [2.75, 3.05) is 23.8 Å². The first-order valence-corrected chi connectivity index (χ1v) is 6.85. The number of amides is 1. The van der Waals surface area contributed by atoms with Gasteiger partial charge < -0.3 is 10.2 Å². The van der Waals surface area contributed by atoms with Gasteiger partial charge in [0.2, 0.25) is 0 Å². The van der Waals surface area contributed by atoms with Crippen molar-refractivity contribution in [2.24, 2.45) is 0 Å². The lowest BCUT2D eigenvalue weighted by Gasteiger charge is -2.12. The van der Waals surface area contributed by atoms with E-state index >= 15 is 0 Å². The van der Waals surface area contributed by atoms with Crippen molar-refractivity contribution in [3.05, 3.63) is 59.2 Å². The fourth-order valence-electron chi connectivity index (χ4n) is 2.55. The van der Waals surface area contributed by atoms with Gasteiger partial charge >= 0.3 is 0 Å². The first-order valence-electron chi connectivity index (χ1n) is 6.85. The van der Waals surface area contributed by atoms with Crippen LogP contribution < -0.4 is 10.2 Å². The molecule has 0 fully saturated rings. The smallest absolute Gasteiger partial charge is 0.255 e. The maximum Gasteiger partial charge on any atom is 0.255 e. The average Bonchev–Trinajstić information content (AvgIpc) is 2.82. The minimum absolute atomic E-state index is 0.0498. The molecular formula is C17H18N2O. The molecule has 0 aliphatic carbocycles. The van der Waals surface area contributed by atoms with Gasteiger partial charge in [0.1, 0.15) is 0 Å². The van der Waals surface area contributed by atoms with Gasteiger partial charge in [-0.15, -0.1) is 0 Å². The van der Waals surface area contributed by atoms with Crippen molar-refractivity contribution in [1.29, 1.82) is 0 Å². The van der Waals surface area contributed by atoms with Crippen LogP contribution in [0.2, 0.25) is 0 Å². The summed E-state index contributed by atoms with van der Waals surface area (Å²) in [4.78, 5) is 14.5. The van der Waals surface area contributed by atoms with Crippen molar-refractivity contribution < 1.29 is 4.79 Å². The zero-order valence-corrected chi connectivity index (χ0v) is 11.8. The Morgan fingerprint density at radius 1 is 1.15 bits per heavy atom. The number of nitrogens with one attached hydrogen (secondary N) is 1. The number of carbonyl (C=O) groups excluding carboxylic acids is 1. The molecule has 102 valence electrons. The van der Waals surface area contributed by atoms with Crippen molar-refractivity contribution in [3.8, 4) is 0 Å². The van der Waals surface area contributed by atoms with Crippen LogP contribution in [0.1, 0.15) is 21.5 Å². The molecule has 1 heterocycles. The van der Waals surface area contributed by atoms with Crippen molar-refractivity contribution >= 4 is 17.3 Å². The van der Waals surface area contributed by atoms with Crippen LogP contribution in [-0.2, 0) is 6.42 Å². The van der Waals surface area contributed by atoms with Crippen LogP contribution in [0.15, 0.2) is 42.5 Å². The number of rotatable bonds is 2. The molecule has 1 aliphatic rings. The number of carbonyl (C=O) groups is 1. The van der Waals surface area contributed by atoms with E-state index in [1.165, 1.54) is 16.8 Å². The molecule has 1 N–H and O–H groups in total. The SMILES string of the molecule is Cc1ccc(NC(=O)c2ccc3c(c2)CCN3C)cc1. The van der Waals surface area contributed by atoms with Crippen molar-refractivity contribution in [2.45, 2.75) is 13.3 Å². The Kier molecular flexibility index (Phi) is 3.18. The molecule has 1 aliphatic heterocycles. The first-order chi connectivity index (χ1) is 9.63. The van der Waals surface area contributed by atoms with Crippen molar-refractivity contribution in [1.82, 2.24) is 0 Å². The van der Waals surface area contributed by atoms with Crippen LogP contribution in [0.25, 0.3) is 0 Å². The Labute approximate surface area is 119 Å². The van der Waals surface area contributed by atoms with Gasteiger partial charge in [0.05, 0.1) is 0 Å². The molecule has 3 nitrogen and oxygen atoms in total. The molecule has 2 aromatic carbocycles. The lowest BCUT2D eigenvalue weighted by molar-refractivity contribution is 0.102. The lowest BCUT2D eigenvalue weighted by atomic mass is 10.1. The molecule has 0 aromatic heterocycles. The summed E-state index contributed by atoms with van der Waals surface area (Å²) in [6.45, 7) is 3.06. The van der Waals surface area contributed by atoms with Crippen molar-refractivity contribution in [3.63, 3.8) is 0 Å². The van der Waals surface area contributed by atoms with Crippen LogP contribution in [-0.4, -0.2) is 19.5 Å².